The number of rotatable bonds is 7. The van der Waals surface area contributed by atoms with E-state index in [-0.39, 0.29) is 5.54 Å². The Morgan fingerprint density at radius 2 is 2.00 bits per heavy atom. The molecule has 3 heteroatoms. The van der Waals surface area contributed by atoms with Crippen molar-refractivity contribution in [1.29, 1.82) is 5.26 Å². The van der Waals surface area contributed by atoms with E-state index in [1.54, 1.807) is 0 Å². The summed E-state index contributed by atoms with van der Waals surface area (Å²) in [6.45, 7) is 9.27. The first-order chi connectivity index (χ1) is 9.52. The molecule has 0 radical (unpaired) electrons. The number of piperidine rings is 1. The fourth-order valence-electron chi connectivity index (χ4n) is 3.42. The summed E-state index contributed by atoms with van der Waals surface area (Å²) in [5.41, 5.74) is -0.302. The van der Waals surface area contributed by atoms with Gasteiger partial charge in [0.15, 0.2) is 0 Å². The Morgan fingerprint density at radius 3 is 2.60 bits per heavy atom. The third-order valence-corrected chi connectivity index (χ3v) is 4.99. The number of nitrogens with one attached hydrogen (secondary N) is 1. The van der Waals surface area contributed by atoms with Gasteiger partial charge in [0, 0.05) is 12.1 Å². The van der Waals surface area contributed by atoms with Crippen molar-refractivity contribution in [2.24, 2.45) is 5.92 Å². The van der Waals surface area contributed by atoms with Crippen molar-refractivity contribution in [3.63, 3.8) is 0 Å². The fourth-order valence-corrected chi connectivity index (χ4v) is 3.42. The Hall–Kier alpha value is -0.590. The van der Waals surface area contributed by atoms with Crippen LogP contribution in [0.25, 0.3) is 0 Å². The molecule has 2 rings (SSSR count). The van der Waals surface area contributed by atoms with Crippen molar-refractivity contribution >= 4 is 0 Å². The molecule has 1 saturated heterocycles. The van der Waals surface area contributed by atoms with Gasteiger partial charge in [0.2, 0.25) is 0 Å². The minimum absolute atomic E-state index is 0.302. The number of hydrogen-bond acceptors (Lipinski definition) is 3. The molecule has 0 aromatic rings. The number of likely N-dealkylation sites (tertiary alicyclic amines) is 1. The van der Waals surface area contributed by atoms with E-state index in [2.05, 4.69) is 37.1 Å². The van der Waals surface area contributed by atoms with Crippen molar-refractivity contribution < 1.29 is 0 Å². The summed E-state index contributed by atoms with van der Waals surface area (Å²) in [5.74, 6) is 0.894. The van der Waals surface area contributed by atoms with Crippen LogP contribution in [-0.4, -0.2) is 35.6 Å². The quantitative estimate of drug-likeness (QED) is 0.726. The zero-order chi connectivity index (χ0) is 14.6. The third-order valence-electron chi connectivity index (χ3n) is 4.99. The predicted octanol–water partition coefficient (Wildman–Crippen LogP) is 3.31. The monoisotopic (exact) mass is 277 g/mol. The first-order valence-corrected chi connectivity index (χ1v) is 8.45. The molecule has 0 bridgehead atoms. The molecule has 114 valence electrons. The summed E-state index contributed by atoms with van der Waals surface area (Å²) >= 11 is 0. The molecule has 0 aromatic heterocycles. The van der Waals surface area contributed by atoms with Gasteiger partial charge in [-0.25, -0.2) is 0 Å². The lowest BCUT2D eigenvalue weighted by Crippen LogP contribution is -2.43. The molecule has 3 atom stereocenters. The maximum atomic E-state index is 9.36. The molecule has 2 fully saturated rings. The second-order valence-corrected chi connectivity index (χ2v) is 7.33. The van der Waals surface area contributed by atoms with Crippen LogP contribution in [0.3, 0.4) is 0 Å². The molecule has 20 heavy (non-hydrogen) atoms. The van der Waals surface area contributed by atoms with Crippen LogP contribution in [0.1, 0.15) is 65.7 Å². The van der Waals surface area contributed by atoms with Crippen LogP contribution in [0.2, 0.25) is 0 Å². The molecule has 1 saturated carbocycles. The SMILES string of the molecule is CC1CCN(CCCCC(C)(C#N)NC2CC2)C(C)C1. The first kappa shape index (κ1) is 15.8. The summed E-state index contributed by atoms with van der Waals surface area (Å²) in [6, 6.07) is 3.83. The van der Waals surface area contributed by atoms with Gasteiger partial charge in [0.25, 0.3) is 0 Å². The average Bonchev–Trinajstić information content (AvgIpc) is 3.20. The number of nitrogens with zero attached hydrogens (tertiary/aromatic N) is 2. The van der Waals surface area contributed by atoms with E-state index in [1.807, 2.05) is 0 Å². The highest BCUT2D eigenvalue weighted by Crippen LogP contribution is 2.25. The minimum atomic E-state index is -0.302. The highest BCUT2D eigenvalue weighted by atomic mass is 15.2. The molecule has 3 unspecified atom stereocenters. The maximum Gasteiger partial charge on any atom is 0.104 e. The highest BCUT2D eigenvalue weighted by molar-refractivity contribution is 5.06. The van der Waals surface area contributed by atoms with Crippen LogP contribution in [0, 0.1) is 17.2 Å². The van der Waals surface area contributed by atoms with Gasteiger partial charge in [-0.05, 0) is 77.8 Å². The van der Waals surface area contributed by atoms with E-state index in [0.717, 1.165) is 24.8 Å². The van der Waals surface area contributed by atoms with Crippen LogP contribution >= 0.6 is 0 Å². The van der Waals surface area contributed by atoms with Gasteiger partial charge in [-0.15, -0.1) is 0 Å². The van der Waals surface area contributed by atoms with Crippen LogP contribution in [0.15, 0.2) is 0 Å². The fraction of sp³-hybridized carbons (Fsp3) is 0.941. The van der Waals surface area contributed by atoms with Gasteiger partial charge in [-0.2, -0.15) is 5.26 Å². The summed E-state index contributed by atoms with van der Waals surface area (Å²) in [5, 5.41) is 12.9. The van der Waals surface area contributed by atoms with Gasteiger partial charge < -0.3 is 4.90 Å². The number of hydrogen-bond donors (Lipinski definition) is 1. The molecule has 0 spiro atoms. The summed E-state index contributed by atoms with van der Waals surface area (Å²) < 4.78 is 0. The molecule has 0 amide bonds. The van der Waals surface area contributed by atoms with E-state index < -0.39 is 0 Å². The summed E-state index contributed by atoms with van der Waals surface area (Å²) in [4.78, 5) is 2.64. The van der Waals surface area contributed by atoms with Crippen molar-refractivity contribution in [1.82, 2.24) is 10.2 Å². The van der Waals surface area contributed by atoms with Gasteiger partial charge in [-0.3, -0.25) is 5.32 Å². The van der Waals surface area contributed by atoms with E-state index in [0.29, 0.717) is 6.04 Å². The lowest BCUT2D eigenvalue weighted by Gasteiger charge is -2.36. The van der Waals surface area contributed by atoms with Crippen molar-refractivity contribution in [2.45, 2.75) is 83.3 Å². The van der Waals surface area contributed by atoms with E-state index >= 15 is 0 Å². The summed E-state index contributed by atoms with van der Waals surface area (Å²) in [7, 11) is 0. The Labute approximate surface area is 124 Å². The standard InChI is InChI=1S/C17H31N3/c1-14-8-11-20(15(2)12-14)10-5-4-9-17(3,13-18)19-16-6-7-16/h14-16,19H,4-12H2,1-3H3. The number of unbranched alkanes of at least 4 members (excludes halogenated alkanes) is 1. The van der Waals surface area contributed by atoms with Crippen LogP contribution in [-0.2, 0) is 0 Å². The maximum absolute atomic E-state index is 9.36. The van der Waals surface area contributed by atoms with Crippen LogP contribution < -0.4 is 5.32 Å². The van der Waals surface area contributed by atoms with Gasteiger partial charge in [0.1, 0.15) is 5.54 Å². The van der Waals surface area contributed by atoms with E-state index in [4.69, 9.17) is 0 Å². The highest BCUT2D eigenvalue weighted by Gasteiger charge is 2.32. The summed E-state index contributed by atoms with van der Waals surface area (Å²) in [6.07, 6.45) is 8.56. The smallest absolute Gasteiger partial charge is 0.104 e. The lowest BCUT2D eigenvalue weighted by atomic mass is 9.92. The number of nitriles is 1. The van der Waals surface area contributed by atoms with Crippen molar-refractivity contribution in [3.8, 4) is 6.07 Å². The predicted molar refractivity (Wildman–Crippen MR) is 83.5 cm³/mol. The van der Waals surface area contributed by atoms with Crippen molar-refractivity contribution in [3.05, 3.63) is 0 Å². The van der Waals surface area contributed by atoms with Gasteiger partial charge >= 0.3 is 0 Å². The minimum Gasteiger partial charge on any atom is -0.301 e. The van der Waals surface area contributed by atoms with Gasteiger partial charge in [-0.1, -0.05) is 6.92 Å². The molecule has 1 N–H and O–H groups in total. The third kappa shape index (κ3) is 4.75. The molecule has 3 nitrogen and oxygen atoms in total. The molecule has 1 aliphatic carbocycles. The largest absolute Gasteiger partial charge is 0.301 e. The van der Waals surface area contributed by atoms with E-state index in [9.17, 15) is 5.26 Å². The molecular weight excluding hydrogens is 246 g/mol. The second kappa shape index (κ2) is 6.91. The zero-order valence-corrected chi connectivity index (χ0v) is 13.5. The van der Waals surface area contributed by atoms with Gasteiger partial charge in [0.05, 0.1) is 6.07 Å². The van der Waals surface area contributed by atoms with Crippen LogP contribution in [0.5, 0.6) is 0 Å². The normalized spacial score (nSPS) is 30.7. The van der Waals surface area contributed by atoms with Crippen LogP contribution in [0.4, 0.5) is 0 Å². The molecular formula is C17H31N3. The Kier molecular flexibility index (Phi) is 5.46. The van der Waals surface area contributed by atoms with E-state index in [1.165, 1.54) is 45.2 Å². The molecule has 1 heterocycles. The average molecular weight is 277 g/mol. The Balaban J connectivity index is 1.64. The molecule has 1 aliphatic heterocycles. The molecule has 2 aliphatic rings. The Bertz CT molecular complexity index is 345. The zero-order valence-electron chi connectivity index (χ0n) is 13.5. The first-order valence-electron chi connectivity index (χ1n) is 8.45. The van der Waals surface area contributed by atoms with Crippen molar-refractivity contribution in [2.75, 3.05) is 13.1 Å². The topological polar surface area (TPSA) is 39.1 Å². The lowest BCUT2D eigenvalue weighted by molar-refractivity contribution is 0.126. The second-order valence-electron chi connectivity index (χ2n) is 7.33. The Morgan fingerprint density at radius 1 is 1.25 bits per heavy atom. The molecule has 0 aromatic carbocycles.